The van der Waals surface area contributed by atoms with Crippen LogP contribution in [-0.4, -0.2) is 28.1 Å². The minimum absolute atomic E-state index is 0.141. The van der Waals surface area contributed by atoms with Crippen LogP contribution in [0.15, 0.2) is 65.3 Å². The van der Waals surface area contributed by atoms with Crippen molar-refractivity contribution >= 4 is 45.2 Å². The van der Waals surface area contributed by atoms with Crippen LogP contribution < -0.4 is 10.6 Å². The maximum atomic E-state index is 12.2. The highest BCUT2D eigenvalue weighted by molar-refractivity contribution is 9.10. The molecule has 0 unspecified atom stereocenters. The summed E-state index contributed by atoms with van der Waals surface area (Å²) >= 11 is 9.20. The molecule has 138 valence electrons. The minimum Gasteiger partial charge on any atom is -0.343 e. The molecule has 8 heteroatoms. The van der Waals surface area contributed by atoms with E-state index in [-0.39, 0.29) is 18.4 Å². The zero-order valence-electron chi connectivity index (χ0n) is 14.2. The average Bonchev–Trinajstić information content (AvgIpc) is 3.08. The van der Waals surface area contributed by atoms with Gasteiger partial charge in [0.05, 0.1) is 19.3 Å². The first-order chi connectivity index (χ1) is 13.0. The smallest absolute Gasteiger partial charge is 0.251 e. The topological polar surface area (TPSA) is 76.0 Å². The van der Waals surface area contributed by atoms with Gasteiger partial charge in [0.2, 0.25) is 5.91 Å². The lowest BCUT2D eigenvalue weighted by Gasteiger charge is -2.10. The van der Waals surface area contributed by atoms with Gasteiger partial charge < -0.3 is 10.6 Å². The molecule has 2 aromatic carbocycles. The molecule has 3 rings (SSSR count). The number of nitrogens with one attached hydrogen (secondary N) is 2. The van der Waals surface area contributed by atoms with Crippen molar-refractivity contribution in [1.82, 2.24) is 15.1 Å². The molecule has 0 atom stereocenters. The van der Waals surface area contributed by atoms with E-state index in [4.69, 9.17) is 11.6 Å². The minimum atomic E-state index is -0.337. The maximum Gasteiger partial charge on any atom is 0.251 e. The third kappa shape index (κ3) is 5.42. The Morgan fingerprint density at radius 3 is 2.63 bits per heavy atom. The van der Waals surface area contributed by atoms with Crippen molar-refractivity contribution in [2.24, 2.45) is 0 Å². The molecule has 3 aromatic rings. The molecule has 27 heavy (non-hydrogen) atoms. The number of nitrogens with zero attached hydrogens (tertiary/aromatic N) is 2. The lowest BCUT2D eigenvalue weighted by atomic mass is 10.2. The van der Waals surface area contributed by atoms with E-state index in [1.165, 1.54) is 0 Å². The summed E-state index contributed by atoms with van der Waals surface area (Å²) < 4.78 is 2.46. The molecule has 0 aliphatic carbocycles. The summed E-state index contributed by atoms with van der Waals surface area (Å²) in [5, 5.41) is 10.2. The first-order valence-corrected chi connectivity index (χ1v) is 9.28. The zero-order chi connectivity index (χ0) is 19.2. The second-order valence-corrected chi connectivity index (χ2v) is 7.09. The van der Waals surface area contributed by atoms with Gasteiger partial charge in [-0.2, -0.15) is 5.10 Å². The van der Waals surface area contributed by atoms with E-state index in [0.717, 1.165) is 10.0 Å². The first kappa shape index (κ1) is 19.1. The standard InChI is InChI=1S/C19H16BrClN4O2/c20-15-3-1-2-14(10-15)19(27)22-11-18(26)24-17-8-9-23-25(17)12-13-4-6-16(21)7-5-13/h1-10H,11-12H2,(H,22,27)(H,24,26). The Labute approximate surface area is 169 Å². The lowest BCUT2D eigenvalue weighted by Crippen LogP contribution is -2.33. The Kier molecular flexibility index (Phi) is 6.26. The van der Waals surface area contributed by atoms with E-state index in [0.29, 0.717) is 22.9 Å². The average molecular weight is 448 g/mol. The van der Waals surface area contributed by atoms with E-state index in [1.807, 2.05) is 18.2 Å². The van der Waals surface area contributed by atoms with E-state index < -0.39 is 0 Å². The summed E-state index contributed by atoms with van der Waals surface area (Å²) in [4.78, 5) is 24.3. The molecule has 0 aliphatic heterocycles. The predicted molar refractivity (Wildman–Crippen MR) is 108 cm³/mol. The number of anilines is 1. The zero-order valence-corrected chi connectivity index (χ0v) is 16.5. The third-order valence-corrected chi connectivity index (χ3v) is 4.47. The molecule has 2 N–H and O–H groups in total. The van der Waals surface area contributed by atoms with Gasteiger partial charge in [-0.15, -0.1) is 0 Å². The molecule has 6 nitrogen and oxygen atoms in total. The first-order valence-electron chi connectivity index (χ1n) is 8.11. The van der Waals surface area contributed by atoms with Crippen molar-refractivity contribution in [1.29, 1.82) is 0 Å². The van der Waals surface area contributed by atoms with Crippen molar-refractivity contribution in [3.8, 4) is 0 Å². The molecule has 0 bridgehead atoms. The Balaban J connectivity index is 1.56. The number of hydrogen-bond acceptors (Lipinski definition) is 3. The quantitative estimate of drug-likeness (QED) is 0.605. The van der Waals surface area contributed by atoms with Crippen LogP contribution in [0.3, 0.4) is 0 Å². The number of hydrogen-bond donors (Lipinski definition) is 2. The molecule has 0 saturated heterocycles. The number of carbonyl (C=O) groups excluding carboxylic acids is 2. The summed E-state index contributed by atoms with van der Waals surface area (Å²) in [5.74, 6) is -0.107. The fraction of sp³-hybridized carbons (Fsp3) is 0.105. The Bertz CT molecular complexity index is 956. The van der Waals surface area contributed by atoms with Gasteiger partial charge in [0.1, 0.15) is 5.82 Å². The van der Waals surface area contributed by atoms with Crippen LogP contribution in [0, 0.1) is 0 Å². The van der Waals surface area contributed by atoms with Gasteiger partial charge in [0.25, 0.3) is 5.91 Å². The van der Waals surface area contributed by atoms with Crippen LogP contribution in [0.5, 0.6) is 0 Å². The molecule has 0 saturated carbocycles. The largest absolute Gasteiger partial charge is 0.343 e. The van der Waals surface area contributed by atoms with Gasteiger partial charge in [0.15, 0.2) is 0 Å². The summed E-state index contributed by atoms with van der Waals surface area (Å²) in [6.45, 7) is 0.349. The van der Waals surface area contributed by atoms with Crippen LogP contribution >= 0.6 is 27.5 Å². The van der Waals surface area contributed by atoms with Crippen molar-refractivity contribution in [2.75, 3.05) is 11.9 Å². The molecule has 1 heterocycles. The summed E-state index contributed by atoms with van der Waals surface area (Å²) in [6, 6.07) is 16.0. The molecule has 0 fully saturated rings. The number of halogens is 2. The SMILES string of the molecule is O=C(CNC(=O)c1cccc(Br)c1)Nc1ccnn1Cc1ccc(Cl)cc1. The molecular formula is C19H16BrClN4O2. The Morgan fingerprint density at radius 2 is 1.89 bits per heavy atom. The molecule has 1 aromatic heterocycles. The number of amides is 2. The van der Waals surface area contributed by atoms with E-state index >= 15 is 0 Å². The fourth-order valence-corrected chi connectivity index (χ4v) is 2.93. The highest BCUT2D eigenvalue weighted by atomic mass is 79.9. The predicted octanol–water partition coefficient (Wildman–Crippen LogP) is 3.72. The molecule has 2 amide bonds. The highest BCUT2D eigenvalue weighted by Crippen LogP contribution is 2.14. The monoisotopic (exact) mass is 446 g/mol. The molecule has 0 aliphatic rings. The van der Waals surface area contributed by atoms with Crippen molar-refractivity contribution in [3.05, 3.63) is 81.4 Å². The second-order valence-electron chi connectivity index (χ2n) is 5.74. The number of aromatic nitrogens is 2. The number of rotatable bonds is 6. The number of benzene rings is 2. The van der Waals surface area contributed by atoms with Crippen molar-refractivity contribution in [3.63, 3.8) is 0 Å². The fourth-order valence-electron chi connectivity index (χ4n) is 2.41. The molecular weight excluding hydrogens is 432 g/mol. The van der Waals surface area contributed by atoms with Gasteiger partial charge >= 0.3 is 0 Å². The van der Waals surface area contributed by atoms with Gasteiger partial charge in [-0.05, 0) is 35.9 Å². The Morgan fingerprint density at radius 1 is 1.11 bits per heavy atom. The van der Waals surface area contributed by atoms with Crippen LogP contribution in [0.25, 0.3) is 0 Å². The number of carbonyl (C=O) groups is 2. The third-order valence-electron chi connectivity index (χ3n) is 3.73. The van der Waals surface area contributed by atoms with Gasteiger partial charge in [-0.25, -0.2) is 4.68 Å². The lowest BCUT2D eigenvalue weighted by molar-refractivity contribution is -0.115. The maximum absolute atomic E-state index is 12.2. The van der Waals surface area contributed by atoms with Crippen LogP contribution in [-0.2, 0) is 11.3 Å². The summed E-state index contributed by atoms with van der Waals surface area (Å²) in [5.41, 5.74) is 1.48. The van der Waals surface area contributed by atoms with Gasteiger partial charge in [-0.1, -0.05) is 45.7 Å². The highest BCUT2D eigenvalue weighted by Gasteiger charge is 2.11. The van der Waals surface area contributed by atoms with E-state index in [1.54, 1.807) is 47.3 Å². The van der Waals surface area contributed by atoms with Crippen LogP contribution in [0.2, 0.25) is 5.02 Å². The second kappa shape index (κ2) is 8.83. The van der Waals surface area contributed by atoms with E-state index in [9.17, 15) is 9.59 Å². The van der Waals surface area contributed by atoms with E-state index in [2.05, 4.69) is 31.7 Å². The summed E-state index contributed by atoms with van der Waals surface area (Å²) in [7, 11) is 0. The van der Waals surface area contributed by atoms with Gasteiger partial charge in [0, 0.05) is 21.1 Å². The summed E-state index contributed by atoms with van der Waals surface area (Å²) in [6.07, 6.45) is 1.60. The molecule has 0 spiro atoms. The van der Waals surface area contributed by atoms with Gasteiger partial charge in [-0.3, -0.25) is 9.59 Å². The Hall–Kier alpha value is -2.64. The van der Waals surface area contributed by atoms with Crippen molar-refractivity contribution < 1.29 is 9.59 Å². The van der Waals surface area contributed by atoms with Crippen molar-refractivity contribution in [2.45, 2.75) is 6.54 Å². The normalized spacial score (nSPS) is 10.4. The van der Waals surface area contributed by atoms with Crippen LogP contribution in [0.1, 0.15) is 15.9 Å². The molecule has 0 radical (unpaired) electrons. The van der Waals surface area contributed by atoms with Crippen LogP contribution in [0.4, 0.5) is 5.82 Å².